The zero-order valence-corrected chi connectivity index (χ0v) is 12.5. The lowest BCUT2D eigenvalue weighted by Crippen LogP contribution is -2.22. The fourth-order valence-corrected chi connectivity index (χ4v) is 1.70. The molecule has 0 saturated heterocycles. The van der Waals surface area contributed by atoms with E-state index in [1.807, 2.05) is 25.1 Å². The first-order valence-corrected chi connectivity index (χ1v) is 6.75. The van der Waals surface area contributed by atoms with Crippen LogP contribution in [0.1, 0.15) is 26.3 Å². The summed E-state index contributed by atoms with van der Waals surface area (Å²) in [6, 6.07) is 6.18. The minimum atomic E-state index is 0.418. The van der Waals surface area contributed by atoms with Gasteiger partial charge in [-0.1, -0.05) is 49.2 Å². The fraction of sp³-hybridized carbons (Fsp3) is 0.429. The second kappa shape index (κ2) is 7.67. The van der Waals surface area contributed by atoms with Crippen LogP contribution in [0.2, 0.25) is 5.02 Å². The molecule has 0 fully saturated rings. The van der Waals surface area contributed by atoms with E-state index in [-0.39, 0.29) is 0 Å². The Balaban J connectivity index is 2.80. The molecule has 0 aliphatic heterocycles. The van der Waals surface area contributed by atoms with E-state index >= 15 is 0 Å². The quantitative estimate of drug-likeness (QED) is 0.839. The lowest BCUT2D eigenvalue weighted by molar-refractivity contribution is 0.347. The minimum Gasteiger partial charge on any atom is -0.487 e. The molecule has 1 aromatic carbocycles. The minimum absolute atomic E-state index is 0.418. The summed E-state index contributed by atoms with van der Waals surface area (Å²) in [5.74, 6) is 0.727. The van der Waals surface area contributed by atoms with Crippen molar-refractivity contribution in [2.24, 2.45) is 0 Å². The van der Waals surface area contributed by atoms with Gasteiger partial charge in [0.1, 0.15) is 12.4 Å². The summed E-state index contributed by atoms with van der Waals surface area (Å²) < 4.78 is 5.73. The van der Waals surface area contributed by atoms with Crippen molar-refractivity contribution in [1.82, 2.24) is 5.32 Å². The van der Waals surface area contributed by atoms with E-state index in [0.717, 1.165) is 23.4 Å². The summed E-state index contributed by atoms with van der Waals surface area (Å²) in [6.45, 7) is 7.30. The van der Waals surface area contributed by atoms with Gasteiger partial charge in [-0.15, -0.1) is 0 Å². The van der Waals surface area contributed by atoms with Crippen LogP contribution in [-0.4, -0.2) is 12.6 Å². The molecule has 0 bridgehead atoms. The molecule has 1 rings (SSSR count). The van der Waals surface area contributed by atoms with Gasteiger partial charge in [0.25, 0.3) is 0 Å². The molecule has 0 amide bonds. The van der Waals surface area contributed by atoms with E-state index < -0.39 is 0 Å². The van der Waals surface area contributed by atoms with Gasteiger partial charge in [0.15, 0.2) is 0 Å². The van der Waals surface area contributed by atoms with E-state index in [9.17, 15) is 0 Å². The number of rotatable bonds is 6. The standard InChI is InChI=1S/C14H19Cl2NO/c1-10(2)17-8-12-5-4-6-13(16)14(12)18-9-11(3)7-15/h4-7,10,17H,8-9H2,1-3H3/b11-7+. The number of benzene rings is 1. The van der Waals surface area contributed by atoms with Crippen molar-refractivity contribution in [1.29, 1.82) is 0 Å². The summed E-state index contributed by atoms with van der Waals surface area (Å²) in [5.41, 5.74) is 3.53. The van der Waals surface area contributed by atoms with Gasteiger partial charge < -0.3 is 10.1 Å². The third-order valence-electron chi connectivity index (χ3n) is 2.38. The summed E-state index contributed by atoms with van der Waals surface area (Å²) in [5, 5.41) is 3.98. The predicted octanol–water partition coefficient (Wildman–Crippen LogP) is 4.36. The van der Waals surface area contributed by atoms with Crippen molar-refractivity contribution in [2.45, 2.75) is 33.4 Å². The first kappa shape index (κ1) is 15.4. The average molecular weight is 288 g/mol. The monoisotopic (exact) mass is 287 g/mol. The molecule has 1 aromatic rings. The van der Waals surface area contributed by atoms with Crippen molar-refractivity contribution < 1.29 is 4.74 Å². The van der Waals surface area contributed by atoms with Crippen molar-refractivity contribution in [3.05, 3.63) is 39.9 Å². The van der Waals surface area contributed by atoms with E-state index in [1.54, 1.807) is 0 Å². The van der Waals surface area contributed by atoms with Gasteiger partial charge in [0.2, 0.25) is 0 Å². The van der Waals surface area contributed by atoms with E-state index in [2.05, 4.69) is 19.2 Å². The Labute approximate surface area is 119 Å². The maximum Gasteiger partial charge on any atom is 0.142 e. The summed E-state index contributed by atoms with van der Waals surface area (Å²) in [4.78, 5) is 0. The van der Waals surface area contributed by atoms with E-state index in [4.69, 9.17) is 27.9 Å². The normalized spacial score (nSPS) is 12.0. The molecule has 0 heterocycles. The zero-order chi connectivity index (χ0) is 13.5. The molecule has 100 valence electrons. The Morgan fingerprint density at radius 2 is 2.17 bits per heavy atom. The van der Waals surface area contributed by atoms with Gasteiger partial charge in [0.05, 0.1) is 5.02 Å². The summed E-state index contributed by atoms with van der Waals surface area (Å²) in [7, 11) is 0. The molecule has 0 aliphatic carbocycles. The van der Waals surface area contributed by atoms with Gasteiger partial charge in [-0.3, -0.25) is 0 Å². The number of hydrogen-bond donors (Lipinski definition) is 1. The second-order valence-electron chi connectivity index (χ2n) is 4.51. The highest BCUT2D eigenvalue weighted by atomic mass is 35.5. The van der Waals surface area contributed by atoms with Crippen LogP contribution in [0.25, 0.3) is 0 Å². The van der Waals surface area contributed by atoms with Crippen molar-refractivity contribution >= 4 is 23.2 Å². The second-order valence-corrected chi connectivity index (χ2v) is 5.13. The zero-order valence-electron chi connectivity index (χ0n) is 11.0. The van der Waals surface area contributed by atoms with Crippen LogP contribution < -0.4 is 10.1 Å². The van der Waals surface area contributed by atoms with Crippen LogP contribution >= 0.6 is 23.2 Å². The molecule has 0 aromatic heterocycles. The van der Waals surface area contributed by atoms with Gasteiger partial charge in [-0.2, -0.15) is 0 Å². The van der Waals surface area contributed by atoms with Crippen LogP contribution in [0, 0.1) is 0 Å². The highest BCUT2D eigenvalue weighted by molar-refractivity contribution is 6.32. The predicted molar refractivity (Wildman–Crippen MR) is 78.5 cm³/mol. The Morgan fingerprint density at radius 1 is 1.44 bits per heavy atom. The SMILES string of the molecule is C/C(=C\Cl)COc1c(Cl)cccc1CNC(C)C. The molecule has 0 spiro atoms. The Bertz CT molecular complexity index is 416. The highest BCUT2D eigenvalue weighted by Crippen LogP contribution is 2.29. The summed E-state index contributed by atoms with van der Waals surface area (Å²) in [6.07, 6.45) is 0. The number of para-hydroxylation sites is 1. The average Bonchev–Trinajstić information content (AvgIpc) is 2.34. The molecule has 0 radical (unpaired) electrons. The van der Waals surface area contributed by atoms with E-state index in [1.165, 1.54) is 5.54 Å². The first-order valence-electron chi connectivity index (χ1n) is 5.94. The van der Waals surface area contributed by atoms with Gasteiger partial charge >= 0.3 is 0 Å². The molecule has 1 N–H and O–H groups in total. The lowest BCUT2D eigenvalue weighted by Gasteiger charge is -2.15. The lowest BCUT2D eigenvalue weighted by atomic mass is 10.2. The molecule has 0 saturated carbocycles. The maximum absolute atomic E-state index is 6.17. The number of halogens is 2. The fourth-order valence-electron chi connectivity index (χ4n) is 1.39. The topological polar surface area (TPSA) is 21.3 Å². The van der Waals surface area contributed by atoms with Crippen LogP contribution in [0.3, 0.4) is 0 Å². The molecule has 2 nitrogen and oxygen atoms in total. The molecule has 18 heavy (non-hydrogen) atoms. The first-order chi connectivity index (χ1) is 8.54. The number of hydrogen-bond acceptors (Lipinski definition) is 2. The Morgan fingerprint density at radius 3 is 2.78 bits per heavy atom. The Kier molecular flexibility index (Phi) is 6.55. The van der Waals surface area contributed by atoms with Crippen LogP contribution in [0.15, 0.2) is 29.3 Å². The molecule has 0 aliphatic rings. The van der Waals surface area contributed by atoms with Gasteiger partial charge in [-0.05, 0) is 18.6 Å². The molecule has 4 heteroatoms. The number of nitrogens with one attached hydrogen (secondary N) is 1. The van der Waals surface area contributed by atoms with Crippen molar-refractivity contribution in [3.63, 3.8) is 0 Å². The maximum atomic E-state index is 6.17. The smallest absolute Gasteiger partial charge is 0.142 e. The molecule has 0 unspecified atom stereocenters. The van der Waals surface area contributed by atoms with E-state index in [0.29, 0.717) is 17.7 Å². The van der Waals surface area contributed by atoms with Crippen molar-refractivity contribution in [3.8, 4) is 5.75 Å². The molecular weight excluding hydrogens is 269 g/mol. The molecule has 0 atom stereocenters. The molecular formula is C14H19Cl2NO. The van der Waals surface area contributed by atoms with Crippen LogP contribution in [0.4, 0.5) is 0 Å². The highest BCUT2D eigenvalue weighted by Gasteiger charge is 2.09. The third-order valence-corrected chi connectivity index (χ3v) is 3.05. The van der Waals surface area contributed by atoms with Crippen molar-refractivity contribution in [2.75, 3.05) is 6.61 Å². The third kappa shape index (κ3) is 4.89. The largest absolute Gasteiger partial charge is 0.487 e. The summed E-state index contributed by atoms with van der Waals surface area (Å²) >= 11 is 11.8. The Hall–Kier alpha value is -0.700. The van der Waals surface area contributed by atoms with Gasteiger partial charge in [0, 0.05) is 23.7 Å². The number of ether oxygens (including phenoxy) is 1. The van der Waals surface area contributed by atoms with Gasteiger partial charge in [-0.25, -0.2) is 0 Å². The van der Waals surface area contributed by atoms with Crippen LogP contribution in [0.5, 0.6) is 5.75 Å². The van der Waals surface area contributed by atoms with Crippen LogP contribution in [-0.2, 0) is 6.54 Å².